The molecule has 0 aromatic rings. The van der Waals surface area contributed by atoms with E-state index >= 15 is 0 Å². The molecular formula is C46H89NO10. The van der Waals surface area contributed by atoms with Crippen LogP contribution >= 0.6 is 0 Å². The number of amides is 1. The molecule has 11 nitrogen and oxygen atoms in total. The molecule has 9 atom stereocenters. The Balaban J connectivity index is 2.41. The lowest BCUT2D eigenvalue weighted by molar-refractivity contribution is -0.303. The van der Waals surface area contributed by atoms with Crippen LogP contribution in [-0.2, 0) is 14.3 Å². The lowest BCUT2D eigenvalue weighted by atomic mass is 9.98. The predicted molar refractivity (Wildman–Crippen MR) is 229 cm³/mol. The van der Waals surface area contributed by atoms with Crippen molar-refractivity contribution in [3.05, 3.63) is 12.2 Å². The maximum absolute atomic E-state index is 13.1. The number of carbonyl (C=O) groups is 1. The first-order valence-electron chi connectivity index (χ1n) is 23.4. The van der Waals surface area contributed by atoms with Crippen LogP contribution in [0.5, 0.6) is 0 Å². The first-order chi connectivity index (χ1) is 27.5. The molecular weight excluding hydrogens is 727 g/mol. The minimum Gasteiger partial charge on any atom is -0.394 e. The second kappa shape index (κ2) is 35.6. The zero-order chi connectivity index (χ0) is 42.1. The van der Waals surface area contributed by atoms with Crippen LogP contribution in [0.1, 0.15) is 201 Å². The zero-order valence-corrected chi connectivity index (χ0v) is 36.5. The number of allylic oxidation sites excluding steroid dienone is 2. The van der Waals surface area contributed by atoms with E-state index in [0.717, 1.165) is 44.4 Å². The molecule has 0 radical (unpaired) electrons. The van der Waals surface area contributed by atoms with E-state index in [1.54, 1.807) is 0 Å². The standard InChI is InChI=1S/C46H89NO10/c1-4-5-6-7-8-9-10-11-12-13-14-15-16-17-18-19-24-27-30-33-39(50)45(55)47-37(35-56-46-44(54)43(53)42(52)40(34-48)57-46)41(51)38(49)32-29-26-23-21-20-22-25-28-31-36(2)3/h11-12,36-44,46,48-54H,4-10,13-35H2,1-3H3,(H,47,55). The highest BCUT2D eigenvalue weighted by atomic mass is 16.7. The molecule has 0 bridgehead atoms. The van der Waals surface area contributed by atoms with Crippen LogP contribution in [0.4, 0.5) is 0 Å². The second-order valence-corrected chi connectivity index (χ2v) is 17.3. The largest absolute Gasteiger partial charge is 0.394 e. The average molecular weight is 816 g/mol. The summed E-state index contributed by atoms with van der Waals surface area (Å²) in [6, 6.07) is -1.17. The van der Waals surface area contributed by atoms with Crippen LogP contribution in [0.2, 0.25) is 0 Å². The summed E-state index contributed by atoms with van der Waals surface area (Å²) in [6.07, 6.45) is 24.2. The van der Waals surface area contributed by atoms with Crippen LogP contribution < -0.4 is 5.32 Å². The van der Waals surface area contributed by atoms with E-state index in [-0.39, 0.29) is 6.42 Å². The highest BCUT2D eigenvalue weighted by Crippen LogP contribution is 2.23. The number of hydrogen-bond donors (Lipinski definition) is 8. The van der Waals surface area contributed by atoms with Gasteiger partial charge < -0.3 is 50.5 Å². The fourth-order valence-electron chi connectivity index (χ4n) is 7.56. The normalized spacial score (nSPS) is 22.3. The fourth-order valence-corrected chi connectivity index (χ4v) is 7.56. The van der Waals surface area contributed by atoms with Crippen LogP contribution in [0.15, 0.2) is 12.2 Å². The Morgan fingerprint density at radius 2 is 1.09 bits per heavy atom. The third-order valence-electron chi connectivity index (χ3n) is 11.5. The fraction of sp³-hybridized carbons (Fsp3) is 0.935. The van der Waals surface area contributed by atoms with Crippen molar-refractivity contribution >= 4 is 5.91 Å². The molecule has 0 aromatic carbocycles. The first-order valence-corrected chi connectivity index (χ1v) is 23.4. The second-order valence-electron chi connectivity index (χ2n) is 17.3. The molecule has 1 saturated heterocycles. The van der Waals surface area contributed by atoms with E-state index in [9.17, 15) is 40.5 Å². The van der Waals surface area contributed by atoms with Crippen LogP contribution in [-0.4, -0.2) is 110 Å². The summed E-state index contributed by atoms with van der Waals surface area (Å²) in [5, 5.41) is 75.6. The summed E-state index contributed by atoms with van der Waals surface area (Å²) in [5.41, 5.74) is 0. The number of unbranched alkanes of at least 4 members (excludes halogenated alkanes) is 22. The summed E-state index contributed by atoms with van der Waals surface area (Å²) >= 11 is 0. The molecule has 9 unspecified atom stereocenters. The molecule has 1 heterocycles. The number of aliphatic hydroxyl groups is 7. The molecule has 8 N–H and O–H groups in total. The van der Waals surface area contributed by atoms with Crippen LogP contribution in [0, 0.1) is 5.92 Å². The number of hydrogen-bond acceptors (Lipinski definition) is 10. The number of carbonyl (C=O) groups excluding carboxylic acids is 1. The van der Waals surface area contributed by atoms with Gasteiger partial charge in [0.15, 0.2) is 6.29 Å². The van der Waals surface area contributed by atoms with Crippen molar-refractivity contribution in [2.75, 3.05) is 13.2 Å². The summed E-state index contributed by atoms with van der Waals surface area (Å²) in [6.45, 7) is 5.70. The Kier molecular flexibility index (Phi) is 33.6. The van der Waals surface area contributed by atoms with Gasteiger partial charge in [-0.15, -0.1) is 0 Å². The van der Waals surface area contributed by atoms with E-state index in [4.69, 9.17) is 9.47 Å². The molecule has 1 amide bonds. The summed E-state index contributed by atoms with van der Waals surface area (Å²) in [7, 11) is 0. The molecule has 1 aliphatic rings. The van der Waals surface area contributed by atoms with E-state index < -0.39 is 74.2 Å². The van der Waals surface area contributed by atoms with Crippen LogP contribution in [0.25, 0.3) is 0 Å². The van der Waals surface area contributed by atoms with Crippen molar-refractivity contribution in [3.63, 3.8) is 0 Å². The van der Waals surface area contributed by atoms with E-state index in [2.05, 4.69) is 38.2 Å². The Morgan fingerprint density at radius 1 is 0.632 bits per heavy atom. The van der Waals surface area contributed by atoms with Gasteiger partial charge in [0.1, 0.15) is 36.6 Å². The van der Waals surface area contributed by atoms with Gasteiger partial charge in [0.2, 0.25) is 5.91 Å². The minimum atomic E-state index is -1.66. The molecule has 57 heavy (non-hydrogen) atoms. The SMILES string of the molecule is CCCCCCCCC=CCCCCCCCCCCCC(O)C(=O)NC(COC1OC(CO)C(O)C(O)C1O)C(O)C(O)CCCCCCCCCCC(C)C. The van der Waals surface area contributed by atoms with Gasteiger partial charge in [0.25, 0.3) is 0 Å². The lowest BCUT2D eigenvalue weighted by Gasteiger charge is -2.40. The smallest absolute Gasteiger partial charge is 0.249 e. The quantitative estimate of drug-likeness (QED) is 0.0229. The third-order valence-corrected chi connectivity index (χ3v) is 11.5. The molecule has 0 saturated carbocycles. The van der Waals surface area contributed by atoms with Crippen molar-refractivity contribution in [2.45, 2.75) is 256 Å². The predicted octanol–water partition coefficient (Wildman–Crippen LogP) is 7.53. The molecule has 0 aliphatic carbocycles. The Bertz CT molecular complexity index is 952. The van der Waals surface area contributed by atoms with Gasteiger partial charge in [-0.25, -0.2) is 0 Å². The van der Waals surface area contributed by atoms with Crippen molar-refractivity contribution in [2.24, 2.45) is 5.92 Å². The molecule has 1 rings (SSSR count). The Labute approximate surface area is 347 Å². The van der Waals surface area contributed by atoms with Crippen molar-refractivity contribution in [1.82, 2.24) is 5.32 Å². The van der Waals surface area contributed by atoms with E-state index in [1.807, 2.05) is 0 Å². The number of rotatable bonds is 38. The molecule has 338 valence electrons. The highest BCUT2D eigenvalue weighted by Gasteiger charge is 2.44. The average Bonchev–Trinajstić information content (AvgIpc) is 3.20. The molecule has 11 heteroatoms. The topological polar surface area (TPSA) is 189 Å². The molecule has 1 fully saturated rings. The molecule has 0 aromatic heterocycles. The van der Waals surface area contributed by atoms with Gasteiger partial charge in [-0.1, -0.05) is 174 Å². The first kappa shape index (κ1) is 53.9. The highest BCUT2D eigenvalue weighted by molar-refractivity contribution is 5.80. The van der Waals surface area contributed by atoms with Gasteiger partial charge in [0.05, 0.1) is 25.4 Å². The number of aliphatic hydroxyl groups excluding tert-OH is 7. The van der Waals surface area contributed by atoms with E-state index in [0.29, 0.717) is 19.3 Å². The summed E-state index contributed by atoms with van der Waals surface area (Å²) in [4.78, 5) is 13.1. The Morgan fingerprint density at radius 3 is 1.58 bits per heavy atom. The lowest BCUT2D eigenvalue weighted by Crippen LogP contribution is -2.60. The zero-order valence-electron chi connectivity index (χ0n) is 36.5. The maximum Gasteiger partial charge on any atom is 0.249 e. The third kappa shape index (κ3) is 26.6. The summed E-state index contributed by atoms with van der Waals surface area (Å²) < 4.78 is 11.1. The molecule has 1 aliphatic heterocycles. The number of ether oxygens (including phenoxy) is 2. The van der Waals surface area contributed by atoms with Crippen molar-refractivity contribution < 1.29 is 50.0 Å². The van der Waals surface area contributed by atoms with E-state index in [1.165, 1.54) is 116 Å². The van der Waals surface area contributed by atoms with Gasteiger partial charge in [-0.3, -0.25) is 4.79 Å². The number of nitrogens with one attached hydrogen (secondary N) is 1. The van der Waals surface area contributed by atoms with Crippen molar-refractivity contribution in [1.29, 1.82) is 0 Å². The van der Waals surface area contributed by atoms with Gasteiger partial charge in [-0.2, -0.15) is 0 Å². The van der Waals surface area contributed by atoms with Gasteiger partial charge >= 0.3 is 0 Å². The molecule has 0 spiro atoms. The minimum absolute atomic E-state index is 0.259. The van der Waals surface area contributed by atoms with Crippen molar-refractivity contribution in [3.8, 4) is 0 Å². The maximum atomic E-state index is 13.1. The van der Waals surface area contributed by atoms with Gasteiger partial charge in [-0.05, 0) is 44.4 Å². The monoisotopic (exact) mass is 816 g/mol. The summed E-state index contributed by atoms with van der Waals surface area (Å²) in [5.74, 6) is 0.0466. The van der Waals surface area contributed by atoms with Gasteiger partial charge in [0, 0.05) is 0 Å². The van der Waals surface area contributed by atoms with Crippen LogP contribution in [0.3, 0.4) is 0 Å². The Hall–Kier alpha value is -1.15.